The summed E-state index contributed by atoms with van der Waals surface area (Å²) in [7, 11) is 0. The minimum Gasteiger partial charge on any atom is -0.458 e. The number of halogens is 1. The van der Waals surface area contributed by atoms with Crippen LogP contribution in [0.5, 0.6) is 0 Å². The van der Waals surface area contributed by atoms with E-state index in [-0.39, 0.29) is 18.2 Å². The molecule has 0 aromatic heterocycles. The van der Waals surface area contributed by atoms with Gasteiger partial charge in [0.05, 0.1) is 0 Å². The largest absolute Gasteiger partial charge is 0.458 e. The molecule has 0 radical (unpaired) electrons. The minimum absolute atomic E-state index is 0.147. The number of amides is 1. The maximum absolute atomic E-state index is 12.2. The fourth-order valence-corrected chi connectivity index (χ4v) is 2.49. The number of hydrogen-bond acceptors (Lipinski definition) is 3. The first-order valence-corrected chi connectivity index (χ1v) is 6.92. The number of benzene rings is 1. The van der Waals surface area contributed by atoms with Crippen LogP contribution in [0.2, 0.25) is 5.02 Å². The van der Waals surface area contributed by atoms with E-state index in [4.69, 9.17) is 16.3 Å². The number of carbonyl (C=O) groups excluding carboxylic acids is 2. The van der Waals surface area contributed by atoms with Gasteiger partial charge in [0.25, 0.3) is 0 Å². The lowest BCUT2D eigenvalue weighted by molar-refractivity contribution is -0.157. The summed E-state index contributed by atoms with van der Waals surface area (Å²) in [5.41, 5.74) is 0.287. The van der Waals surface area contributed by atoms with Crippen LogP contribution in [-0.4, -0.2) is 23.5 Å². The molecule has 1 aliphatic heterocycles. The molecule has 0 aliphatic carbocycles. The van der Waals surface area contributed by atoms with Gasteiger partial charge in [-0.1, -0.05) is 23.7 Å². The zero-order valence-electron chi connectivity index (χ0n) is 11.8. The Balaban J connectivity index is 2.23. The maximum Gasteiger partial charge on any atom is 0.329 e. The summed E-state index contributed by atoms with van der Waals surface area (Å²) < 4.78 is 5.37. The first kappa shape index (κ1) is 14.9. The monoisotopic (exact) mass is 295 g/mol. The normalized spacial score (nSPS) is 22.5. The predicted octanol–water partition coefficient (Wildman–Crippen LogP) is 2.65. The summed E-state index contributed by atoms with van der Waals surface area (Å²) in [5, 5.41) is 3.28. The third-order valence-corrected chi connectivity index (χ3v) is 3.30. The Kier molecular flexibility index (Phi) is 4.04. The highest BCUT2D eigenvalue weighted by Crippen LogP contribution is 2.31. The molecule has 0 unspecified atom stereocenters. The molecule has 0 spiro atoms. The van der Waals surface area contributed by atoms with Gasteiger partial charge < -0.3 is 10.1 Å². The van der Waals surface area contributed by atoms with E-state index in [0.717, 1.165) is 5.56 Å². The molecule has 0 bridgehead atoms. The van der Waals surface area contributed by atoms with Crippen molar-refractivity contribution in [2.24, 2.45) is 0 Å². The molecule has 1 aliphatic rings. The smallest absolute Gasteiger partial charge is 0.329 e. The van der Waals surface area contributed by atoms with E-state index in [1.54, 1.807) is 32.9 Å². The van der Waals surface area contributed by atoms with E-state index in [1.807, 2.05) is 12.1 Å². The van der Waals surface area contributed by atoms with Crippen LogP contribution in [0.4, 0.5) is 0 Å². The predicted molar refractivity (Wildman–Crippen MR) is 76.6 cm³/mol. The molecule has 0 saturated carbocycles. The Hall–Kier alpha value is -1.55. The molecule has 1 fully saturated rings. The Bertz CT molecular complexity index is 536. The molecule has 1 N–H and O–H groups in total. The Morgan fingerprint density at radius 3 is 2.70 bits per heavy atom. The van der Waals surface area contributed by atoms with Crippen LogP contribution in [-0.2, 0) is 14.3 Å². The van der Waals surface area contributed by atoms with Crippen LogP contribution in [0.25, 0.3) is 0 Å². The second-order valence-corrected chi connectivity index (χ2v) is 6.38. The number of ether oxygens (including phenoxy) is 1. The van der Waals surface area contributed by atoms with Gasteiger partial charge in [-0.2, -0.15) is 0 Å². The molecular formula is C15H18ClNO3. The van der Waals surface area contributed by atoms with Gasteiger partial charge in [0, 0.05) is 17.4 Å². The van der Waals surface area contributed by atoms with E-state index in [1.165, 1.54) is 0 Å². The molecule has 5 heteroatoms. The van der Waals surface area contributed by atoms with Crippen molar-refractivity contribution < 1.29 is 14.3 Å². The van der Waals surface area contributed by atoms with Crippen LogP contribution in [0, 0.1) is 0 Å². The first-order valence-electron chi connectivity index (χ1n) is 6.54. The van der Waals surface area contributed by atoms with Gasteiger partial charge in [0.15, 0.2) is 0 Å². The molecule has 4 nitrogen and oxygen atoms in total. The Morgan fingerprint density at radius 2 is 2.10 bits per heavy atom. The maximum atomic E-state index is 12.2. The topological polar surface area (TPSA) is 55.4 Å². The summed E-state index contributed by atoms with van der Waals surface area (Å²) in [5.74, 6) is -0.796. The first-order chi connectivity index (χ1) is 9.26. The molecule has 1 aromatic carbocycles. The van der Waals surface area contributed by atoms with Crippen molar-refractivity contribution in [3.63, 3.8) is 0 Å². The molecule has 2 rings (SSSR count). The summed E-state index contributed by atoms with van der Waals surface area (Å²) >= 11 is 5.97. The SMILES string of the molecule is CC(C)(C)OC(=O)[C@@H]1NC(=O)C[C@H]1c1cccc(Cl)c1. The van der Waals surface area contributed by atoms with Crippen molar-refractivity contribution in [1.29, 1.82) is 0 Å². The zero-order valence-corrected chi connectivity index (χ0v) is 12.5. The highest BCUT2D eigenvalue weighted by atomic mass is 35.5. The molecular weight excluding hydrogens is 278 g/mol. The lowest BCUT2D eigenvalue weighted by Gasteiger charge is -2.24. The second-order valence-electron chi connectivity index (χ2n) is 5.94. The van der Waals surface area contributed by atoms with Gasteiger partial charge in [-0.3, -0.25) is 4.79 Å². The van der Waals surface area contributed by atoms with Gasteiger partial charge in [-0.05, 0) is 38.5 Å². The molecule has 2 atom stereocenters. The van der Waals surface area contributed by atoms with Gasteiger partial charge in [-0.15, -0.1) is 0 Å². The average molecular weight is 296 g/mol. The number of carbonyl (C=O) groups is 2. The summed E-state index contributed by atoms with van der Waals surface area (Å²) in [6.07, 6.45) is 0.268. The minimum atomic E-state index is -0.653. The molecule has 1 heterocycles. The summed E-state index contributed by atoms with van der Waals surface area (Å²) in [4.78, 5) is 23.8. The fraction of sp³-hybridized carbons (Fsp3) is 0.467. The fourth-order valence-electron chi connectivity index (χ4n) is 2.29. The Labute approximate surface area is 123 Å². The van der Waals surface area contributed by atoms with Gasteiger partial charge >= 0.3 is 5.97 Å². The van der Waals surface area contributed by atoms with Crippen molar-refractivity contribution in [1.82, 2.24) is 5.32 Å². The summed E-state index contributed by atoms with van der Waals surface area (Å²) in [6.45, 7) is 5.40. The molecule has 1 amide bonds. The van der Waals surface area contributed by atoms with E-state index in [9.17, 15) is 9.59 Å². The van der Waals surface area contributed by atoms with Crippen molar-refractivity contribution in [3.05, 3.63) is 34.9 Å². The van der Waals surface area contributed by atoms with Crippen molar-refractivity contribution in [2.45, 2.75) is 44.8 Å². The van der Waals surface area contributed by atoms with Gasteiger partial charge in [0.2, 0.25) is 5.91 Å². The van der Waals surface area contributed by atoms with Crippen LogP contribution >= 0.6 is 11.6 Å². The van der Waals surface area contributed by atoms with Crippen LogP contribution < -0.4 is 5.32 Å². The Morgan fingerprint density at radius 1 is 1.40 bits per heavy atom. The van der Waals surface area contributed by atoms with Crippen molar-refractivity contribution in [2.75, 3.05) is 0 Å². The molecule has 108 valence electrons. The third kappa shape index (κ3) is 3.51. The zero-order chi connectivity index (χ0) is 14.9. The standard InChI is InChI=1S/C15H18ClNO3/c1-15(2,3)20-14(19)13-11(8-12(18)17-13)9-5-4-6-10(16)7-9/h4-7,11,13H,8H2,1-3H3,(H,17,18)/t11-,13+/m0/s1. The summed E-state index contributed by atoms with van der Waals surface area (Å²) in [6, 6.07) is 6.57. The van der Waals surface area contributed by atoms with Crippen LogP contribution in [0.1, 0.15) is 38.7 Å². The lowest BCUT2D eigenvalue weighted by atomic mass is 9.92. The second kappa shape index (κ2) is 5.44. The number of rotatable bonds is 2. The van der Waals surface area contributed by atoms with Crippen molar-refractivity contribution in [3.8, 4) is 0 Å². The number of esters is 1. The highest BCUT2D eigenvalue weighted by molar-refractivity contribution is 6.30. The highest BCUT2D eigenvalue weighted by Gasteiger charge is 2.40. The third-order valence-electron chi connectivity index (χ3n) is 3.06. The lowest BCUT2D eigenvalue weighted by Crippen LogP contribution is -2.41. The van der Waals surface area contributed by atoms with Gasteiger partial charge in [0.1, 0.15) is 11.6 Å². The molecule has 20 heavy (non-hydrogen) atoms. The molecule has 1 saturated heterocycles. The van der Waals surface area contributed by atoms with E-state index in [2.05, 4.69) is 5.32 Å². The van der Waals surface area contributed by atoms with E-state index in [0.29, 0.717) is 5.02 Å². The quantitative estimate of drug-likeness (QED) is 0.854. The van der Waals surface area contributed by atoms with Gasteiger partial charge in [-0.25, -0.2) is 4.79 Å². The van der Waals surface area contributed by atoms with E-state index < -0.39 is 17.6 Å². The number of nitrogens with one attached hydrogen (secondary N) is 1. The van der Waals surface area contributed by atoms with Crippen LogP contribution in [0.15, 0.2) is 24.3 Å². The van der Waals surface area contributed by atoms with E-state index >= 15 is 0 Å². The van der Waals surface area contributed by atoms with Crippen molar-refractivity contribution >= 4 is 23.5 Å². The van der Waals surface area contributed by atoms with Crippen LogP contribution in [0.3, 0.4) is 0 Å². The average Bonchev–Trinajstić information content (AvgIpc) is 2.69. The molecule has 1 aromatic rings. The number of hydrogen-bond donors (Lipinski definition) is 1.